The number of aryl methyl sites for hydroxylation is 4. The van der Waals surface area contributed by atoms with Crippen molar-refractivity contribution in [3.63, 3.8) is 0 Å². The van der Waals surface area contributed by atoms with Gasteiger partial charge in [0.1, 0.15) is 5.82 Å². The van der Waals surface area contributed by atoms with E-state index in [0.29, 0.717) is 0 Å². The van der Waals surface area contributed by atoms with E-state index < -0.39 is 0 Å². The third kappa shape index (κ3) is 2.33. The van der Waals surface area contributed by atoms with Crippen LogP contribution < -0.4 is 5.73 Å². The minimum Gasteiger partial charge on any atom is -0.384 e. The van der Waals surface area contributed by atoms with E-state index in [0.717, 1.165) is 18.1 Å². The molecule has 90 valence electrons. The van der Waals surface area contributed by atoms with Gasteiger partial charge in [0.05, 0.1) is 12.2 Å². The maximum atomic E-state index is 5.91. The molecular weight excluding hydrogens is 210 g/mol. The van der Waals surface area contributed by atoms with Gasteiger partial charge in [-0.3, -0.25) is 0 Å². The number of nitrogen functional groups attached to an aromatic ring is 1. The average Bonchev–Trinajstić information content (AvgIpc) is 2.54. The predicted molar refractivity (Wildman–Crippen MR) is 71.1 cm³/mol. The molecule has 1 aromatic carbocycles. The molecule has 0 fully saturated rings. The van der Waals surface area contributed by atoms with E-state index in [-0.39, 0.29) is 0 Å². The molecule has 0 saturated carbocycles. The smallest absolute Gasteiger partial charge is 0.122 e. The lowest BCUT2D eigenvalue weighted by atomic mass is 10.0. The summed E-state index contributed by atoms with van der Waals surface area (Å²) in [6.07, 6.45) is 0. The molecule has 0 aliphatic rings. The summed E-state index contributed by atoms with van der Waals surface area (Å²) in [5.74, 6) is 0.722. The molecule has 0 radical (unpaired) electrons. The Morgan fingerprint density at radius 3 is 2.24 bits per heavy atom. The van der Waals surface area contributed by atoms with Crippen molar-refractivity contribution in [1.29, 1.82) is 0 Å². The summed E-state index contributed by atoms with van der Waals surface area (Å²) in [5.41, 5.74) is 12.1. The van der Waals surface area contributed by atoms with E-state index in [1.165, 1.54) is 22.3 Å². The molecule has 3 nitrogen and oxygen atoms in total. The van der Waals surface area contributed by atoms with Crippen LogP contribution in [0, 0.1) is 27.7 Å². The lowest BCUT2D eigenvalue weighted by molar-refractivity contribution is 0.686. The topological polar surface area (TPSA) is 43.8 Å². The van der Waals surface area contributed by atoms with Crippen molar-refractivity contribution in [2.75, 3.05) is 5.73 Å². The molecular formula is C14H19N3. The summed E-state index contributed by atoms with van der Waals surface area (Å²) >= 11 is 0. The first-order valence-corrected chi connectivity index (χ1v) is 5.84. The van der Waals surface area contributed by atoms with Gasteiger partial charge in [0, 0.05) is 6.07 Å². The predicted octanol–water partition coefficient (Wildman–Crippen LogP) is 2.75. The summed E-state index contributed by atoms with van der Waals surface area (Å²) in [6, 6.07) is 6.34. The van der Waals surface area contributed by atoms with Gasteiger partial charge in [-0.2, -0.15) is 5.10 Å². The highest BCUT2D eigenvalue weighted by Gasteiger charge is 2.06. The van der Waals surface area contributed by atoms with Crippen LogP contribution in [0.15, 0.2) is 18.2 Å². The minimum absolute atomic E-state index is 0.722. The van der Waals surface area contributed by atoms with Gasteiger partial charge in [-0.1, -0.05) is 12.1 Å². The molecule has 0 saturated heterocycles. The number of anilines is 1. The fourth-order valence-electron chi connectivity index (χ4n) is 2.04. The van der Waals surface area contributed by atoms with Crippen LogP contribution in [0.25, 0.3) is 0 Å². The molecule has 1 aromatic heterocycles. The van der Waals surface area contributed by atoms with Gasteiger partial charge in [0.25, 0.3) is 0 Å². The second kappa shape index (κ2) is 4.24. The monoisotopic (exact) mass is 229 g/mol. The van der Waals surface area contributed by atoms with E-state index in [2.05, 4.69) is 38.0 Å². The maximum absolute atomic E-state index is 5.91. The van der Waals surface area contributed by atoms with E-state index in [1.54, 1.807) is 0 Å². The van der Waals surface area contributed by atoms with Crippen LogP contribution in [0.4, 0.5) is 5.82 Å². The summed E-state index contributed by atoms with van der Waals surface area (Å²) in [4.78, 5) is 0. The Morgan fingerprint density at radius 1 is 1.00 bits per heavy atom. The Bertz CT molecular complexity index is 553. The SMILES string of the molecule is Cc1cc(N)n(Cc2cc(C)c(C)cc2C)n1. The van der Waals surface area contributed by atoms with E-state index >= 15 is 0 Å². The molecule has 0 atom stereocenters. The van der Waals surface area contributed by atoms with Crippen molar-refractivity contribution in [3.05, 3.63) is 46.1 Å². The number of rotatable bonds is 2. The maximum Gasteiger partial charge on any atom is 0.122 e. The van der Waals surface area contributed by atoms with Crippen LogP contribution >= 0.6 is 0 Å². The van der Waals surface area contributed by atoms with Gasteiger partial charge in [-0.15, -0.1) is 0 Å². The van der Waals surface area contributed by atoms with Crippen molar-refractivity contribution in [1.82, 2.24) is 9.78 Å². The molecule has 2 rings (SSSR count). The summed E-state index contributed by atoms with van der Waals surface area (Å²) in [7, 11) is 0. The lowest BCUT2D eigenvalue weighted by Gasteiger charge is -2.11. The normalized spacial score (nSPS) is 10.8. The molecule has 0 aliphatic heterocycles. The number of nitrogens with zero attached hydrogens (tertiary/aromatic N) is 2. The average molecular weight is 229 g/mol. The van der Waals surface area contributed by atoms with Gasteiger partial charge in [-0.25, -0.2) is 4.68 Å². The van der Waals surface area contributed by atoms with Crippen LogP contribution in [0.3, 0.4) is 0 Å². The summed E-state index contributed by atoms with van der Waals surface area (Å²) in [5, 5.41) is 4.39. The molecule has 2 N–H and O–H groups in total. The van der Waals surface area contributed by atoms with E-state index in [9.17, 15) is 0 Å². The molecule has 1 heterocycles. The number of nitrogens with two attached hydrogens (primary N) is 1. The Hall–Kier alpha value is -1.77. The number of aromatic nitrogens is 2. The van der Waals surface area contributed by atoms with Crippen LogP contribution in [0.1, 0.15) is 27.9 Å². The summed E-state index contributed by atoms with van der Waals surface area (Å²) in [6.45, 7) is 9.11. The largest absolute Gasteiger partial charge is 0.384 e. The van der Waals surface area contributed by atoms with E-state index in [4.69, 9.17) is 5.73 Å². The third-order valence-electron chi connectivity index (χ3n) is 3.21. The number of benzene rings is 1. The van der Waals surface area contributed by atoms with Crippen molar-refractivity contribution in [2.45, 2.75) is 34.2 Å². The Balaban J connectivity index is 2.36. The minimum atomic E-state index is 0.722. The van der Waals surface area contributed by atoms with Crippen LogP contribution in [0.2, 0.25) is 0 Å². The molecule has 17 heavy (non-hydrogen) atoms. The third-order valence-corrected chi connectivity index (χ3v) is 3.21. The highest BCUT2D eigenvalue weighted by Crippen LogP contribution is 2.17. The fraction of sp³-hybridized carbons (Fsp3) is 0.357. The van der Waals surface area contributed by atoms with Crippen molar-refractivity contribution < 1.29 is 0 Å². The zero-order valence-corrected chi connectivity index (χ0v) is 10.9. The zero-order chi connectivity index (χ0) is 12.6. The Morgan fingerprint density at radius 2 is 1.65 bits per heavy atom. The first-order valence-electron chi connectivity index (χ1n) is 5.84. The molecule has 0 amide bonds. The Kier molecular flexibility index (Phi) is 2.92. The molecule has 0 unspecified atom stereocenters. The van der Waals surface area contributed by atoms with Gasteiger partial charge >= 0.3 is 0 Å². The van der Waals surface area contributed by atoms with E-state index in [1.807, 2.05) is 17.7 Å². The first kappa shape index (κ1) is 11.7. The molecule has 2 aromatic rings. The molecule has 0 bridgehead atoms. The van der Waals surface area contributed by atoms with Gasteiger partial charge in [-0.05, 0) is 49.9 Å². The lowest BCUT2D eigenvalue weighted by Crippen LogP contribution is -2.07. The van der Waals surface area contributed by atoms with Crippen LogP contribution in [-0.4, -0.2) is 9.78 Å². The Labute approximate surface area is 102 Å². The quantitative estimate of drug-likeness (QED) is 0.860. The number of hydrogen-bond acceptors (Lipinski definition) is 2. The van der Waals surface area contributed by atoms with Crippen molar-refractivity contribution >= 4 is 5.82 Å². The van der Waals surface area contributed by atoms with Crippen molar-refractivity contribution in [2.24, 2.45) is 0 Å². The van der Waals surface area contributed by atoms with Crippen molar-refractivity contribution in [3.8, 4) is 0 Å². The highest BCUT2D eigenvalue weighted by atomic mass is 15.3. The first-order chi connectivity index (χ1) is 7.97. The highest BCUT2D eigenvalue weighted by molar-refractivity contribution is 5.38. The standard InChI is InChI=1S/C14H19N3/c1-9-5-11(3)13(6-10(9)2)8-17-14(15)7-12(4)16-17/h5-7H,8,15H2,1-4H3. The molecule has 0 aliphatic carbocycles. The second-order valence-corrected chi connectivity index (χ2v) is 4.73. The van der Waals surface area contributed by atoms with Gasteiger partial charge in [0.15, 0.2) is 0 Å². The summed E-state index contributed by atoms with van der Waals surface area (Å²) < 4.78 is 1.85. The van der Waals surface area contributed by atoms with Gasteiger partial charge < -0.3 is 5.73 Å². The van der Waals surface area contributed by atoms with Gasteiger partial charge in [0.2, 0.25) is 0 Å². The zero-order valence-electron chi connectivity index (χ0n) is 10.9. The molecule has 3 heteroatoms. The van der Waals surface area contributed by atoms with Crippen LogP contribution in [-0.2, 0) is 6.54 Å². The number of hydrogen-bond donors (Lipinski definition) is 1. The molecule has 0 spiro atoms. The second-order valence-electron chi connectivity index (χ2n) is 4.73. The fourth-order valence-corrected chi connectivity index (χ4v) is 2.04. The van der Waals surface area contributed by atoms with Crippen LogP contribution in [0.5, 0.6) is 0 Å².